The van der Waals surface area contributed by atoms with Gasteiger partial charge in [-0.3, -0.25) is 15.2 Å². The normalized spacial score (nSPS) is 9.38. The SMILES string of the molecule is CC(=O)O.c1ccc(NN(c2ccccc2)c2ccccc2)cc1. The molecule has 0 saturated heterocycles. The minimum Gasteiger partial charge on any atom is -0.481 e. The van der Waals surface area contributed by atoms with E-state index in [0.29, 0.717) is 0 Å². The number of benzene rings is 3. The largest absolute Gasteiger partial charge is 0.481 e. The zero-order valence-corrected chi connectivity index (χ0v) is 13.5. The summed E-state index contributed by atoms with van der Waals surface area (Å²) in [5.41, 5.74) is 6.70. The van der Waals surface area contributed by atoms with Gasteiger partial charge in [-0.25, -0.2) is 0 Å². The molecule has 4 heteroatoms. The Labute approximate surface area is 142 Å². The number of hydrogen-bond acceptors (Lipinski definition) is 3. The second-order valence-corrected chi connectivity index (χ2v) is 5.00. The van der Waals surface area contributed by atoms with Crippen molar-refractivity contribution in [1.82, 2.24) is 0 Å². The zero-order valence-electron chi connectivity index (χ0n) is 13.5. The van der Waals surface area contributed by atoms with E-state index in [4.69, 9.17) is 9.90 Å². The van der Waals surface area contributed by atoms with E-state index in [-0.39, 0.29) is 0 Å². The van der Waals surface area contributed by atoms with Gasteiger partial charge in [0.1, 0.15) is 0 Å². The zero-order chi connectivity index (χ0) is 17.2. The number of rotatable bonds is 4. The van der Waals surface area contributed by atoms with Crippen LogP contribution in [0.15, 0.2) is 91.0 Å². The molecule has 122 valence electrons. The Morgan fingerprint density at radius 1 is 0.750 bits per heavy atom. The van der Waals surface area contributed by atoms with Crippen LogP contribution in [0, 0.1) is 0 Å². The lowest BCUT2D eigenvalue weighted by molar-refractivity contribution is -0.134. The van der Waals surface area contributed by atoms with Crippen LogP contribution in [0.1, 0.15) is 6.92 Å². The standard InChI is InChI=1S/C18H16N2.C2H4O2/c1-4-10-16(11-5-1)19-20(17-12-6-2-7-13-17)18-14-8-3-9-15-18;1-2(3)4/h1-15,19H;1H3,(H,3,4). The lowest BCUT2D eigenvalue weighted by Crippen LogP contribution is -2.24. The van der Waals surface area contributed by atoms with Crippen molar-refractivity contribution in [2.45, 2.75) is 6.92 Å². The molecule has 4 nitrogen and oxygen atoms in total. The van der Waals surface area contributed by atoms with E-state index in [1.165, 1.54) is 0 Å². The maximum Gasteiger partial charge on any atom is 0.300 e. The molecule has 3 aromatic carbocycles. The third-order valence-electron chi connectivity index (χ3n) is 3.04. The Kier molecular flexibility index (Phi) is 6.41. The molecule has 0 aliphatic rings. The number of anilines is 3. The molecule has 24 heavy (non-hydrogen) atoms. The highest BCUT2D eigenvalue weighted by molar-refractivity contribution is 5.67. The molecule has 0 heterocycles. The Hall–Kier alpha value is -3.27. The highest BCUT2D eigenvalue weighted by atomic mass is 16.4. The van der Waals surface area contributed by atoms with Gasteiger partial charge in [-0.05, 0) is 36.4 Å². The molecule has 0 bridgehead atoms. The van der Waals surface area contributed by atoms with Crippen molar-refractivity contribution in [3.05, 3.63) is 91.0 Å². The monoisotopic (exact) mass is 320 g/mol. The minimum absolute atomic E-state index is 0.833. The Bertz CT molecular complexity index is 688. The number of carboxylic acid groups (broad SMARTS) is 1. The average Bonchev–Trinajstić information content (AvgIpc) is 2.62. The number of carbonyl (C=O) groups is 1. The van der Waals surface area contributed by atoms with Gasteiger partial charge in [0, 0.05) is 6.92 Å². The van der Waals surface area contributed by atoms with Gasteiger partial charge < -0.3 is 5.11 Å². The molecule has 0 atom stereocenters. The number of nitrogens with zero attached hydrogens (tertiary/aromatic N) is 1. The van der Waals surface area contributed by atoms with E-state index >= 15 is 0 Å². The number of hydrogen-bond donors (Lipinski definition) is 2. The van der Waals surface area contributed by atoms with Crippen LogP contribution in [0.5, 0.6) is 0 Å². The molecule has 0 saturated carbocycles. The van der Waals surface area contributed by atoms with Crippen LogP contribution >= 0.6 is 0 Å². The number of carboxylic acids is 1. The van der Waals surface area contributed by atoms with Crippen molar-refractivity contribution in [3.63, 3.8) is 0 Å². The molecular formula is C20H20N2O2. The molecule has 0 fully saturated rings. The Morgan fingerprint density at radius 3 is 1.46 bits per heavy atom. The fourth-order valence-electron chi connectivity index (χ4n) is 2.07. The fraction of sp³-hybridized carbons (Fsp3) is 0.0500. The second kappa shape index (κ2) is 9.00. The van der Waals surface area contributed by atoms with Crippen molar-refractivity contribution in [1.29, 1.82) is 0 Å². The molecule has 3 rings (SSSR count). The molecule has 0 aliphatic carbocycles. The quantitative estimate of drug-likeness (QED) is 0.668. The lowest BCUT2D eigenvalue weighted by atomic mass is 10.2. The minimum atomic E-state index is -0.833. The van der Waals surface area contributed by atoms with Gasteiger partial charge in [0.2, 0.25) is 0 Å². The summed E-state index contributed by atoms with van der Waals surface area (Å²) in [6.07, 6.45) is 0. The number of aliphatic carboxylic acids is 1. The van der Waals surface area contributed by atoms with Gasteiger partial charge >= 0.3 is 0 Å². The van der Waals surface area contributed by atoms with E-state index in [9.17, 15) is 0 Å². The maximum absolute atomic E-state index is 9.00. The third kappa shape index (κ3) is 5.50. The summed E-state index contributed by atoms with van der Waals surface area (Å²) in [6.45, 7) is 1.08. The van der Waals surface area contributed by atoms with Crippen molar-refractivity contribution in [3.8, 4) is 0 Å². The summed E-state index contributed by atoms with van der Waals surface area (Å²) in [6, 6.07) is 30.7. The van der Waals surface area contributed by atoms with Gasteiger partial charge in [-0.2, -0.15) is 0 Å². The van der Waals surface area contributed by atoms with E-state index in [2.05, 4.69) is 46.8 Å². The molecule has 2 N–H and O–H groups in total. The number of hydrazine groups is 1. The molecular weight excluding hydrogens is 300 g/mol. The van der Waals surface area contributed by atoms with Crippen molar-refractivity contribution in [2.24, 2.45) is 0 Å². The topological polar surface area (TPSA) is 52.6 Å². The molecule has 0 aliphatic heterocycles. The van der Waals surface area contributed by atoms with Crippen LogP contribution in [-0.4, -0.2) is 11.1 Å². The third-order valence-corrected chi connectivity index (χ3v) is 3.04. The summed E-state index contributed by atoms with van der Waals surface area (Å²) in [7, 11) is 0. The smallest absolute Gasteiger partial charge is 0.300 e. The first-order valence-electron chi connectivity index (χ1n) is 7.58. The van der Waals surface area contributed by atoms with Crippen LogP contribution in [0.25, 0.3) is 0 Å². The number of nitrogens with one attached hydrogen (secondary N) is 1. The lowest BCUT2D eigenvalue weighted by Gasteiger charge is -2.26. The summed E-state index contributed by atoms with van der Waals surface area (Å²) in [4.78, 5) is 9.00. The molecule has 0 aromatic heterocycles. The van der Waals surface area contributed by atoms with E-state index < -0.39 is 5.97 Å². The summed E-state index contributed by atoms with van der Waals surface area (Å²) in [5.74, 6) is -0.833. The molecule has 0 unspecified atom stereocenters. The van der Waals surface area contributed by atoms with Crippen LogP contribution < -0.4 is 10.4 Å². The van der Waals surface area contributed by atoms with Gasteiger partial charge in [-0.15, -0.1) is 0 Å². The van der Waals surface area contributed by atoms with Crippen LogP contribution in [0.4, 0.5) is 17.1 Å². The van der Waals surface area contributed by atoms with Crippen LogP contribution in [-0.2, 0) is 4.79 Å². The number of para-hydroxylation sites is 3. The van der Waals surface area contributed by atoms with Crippen molar-refractivity contribution < 1.29 is 9.90 Å². The van der Waals surface area contributed by atoms with Crippen LogP contribution in [0.2, 0.25) is 0 Å². The van der Waals surface area contributed by atoms with Crippen molar-refractivity contribution in [2.75, 3.05) is 10.4 Å². The van der Waals surface area contributed by atoms with Crippen LogP contribution in [0.3, 0.4) is 0 Å². The van der Waals surface area contributed by atoms with Gasteiger partial charge in [0.15, 0.2) is 0 Å². The van der Waals surface area contributed by atoms with E-state index in [1.54, 1.807) is 0 Å². The molecule has 0 radical (unpaired) electrons. The predicted octanol–water partition coefficient (Wildman–Crippen LogP) is 4.94. The first-order chi connectivity index (χ1) is 11.7. The Morgan fingerprint density at radius 2 is 1.08 bits per heavy atom. The first kappa shape index (κ1) is 17.1. The molecule has 3 aromatic rings. The second-order valence-electron chi connectivity index (χ2n) is 5.00. The fourth-order valence-corrected chi connectivity index (χ4v) is 2.07. The summed E-state index contributed by atoms with van der Waals surface area (Å²) >= 11 is 0. The van der Waals surface area contributed by atoms with E-state index in [0.717, 1.165) is 24.0 Å². The summed E-state index contributed by atoms with van der Waals surface area (Å²) < 4.78 is 0. The first-order valence-corrected chi connectivity index (χ1v) is 7.58. The Balaban J connectivity index is 0.000000471. The van der Waals surface area contributed by atoms with E-state index in [1.807, 2.05) is 54.6 Å². The predicted molar refractivity (Wildman–Crippen MR) is 98.4 cm³/mol. The molecule has 0 spiro atoms. The highest BCUT2D eigenvalue weighted by Crippen LogP contribution is 2.25. The van der Waals surface area contributed by atoms with Gasteiger partial charge in [-0.1, -0.05) is 54.6 Å². The van der Waals surface area contributed by atoms with Crippen molar-refractivity contribution >= 4 is 23.0 Å². The summed E-state index contributed by atoms with van der Waals surface area (Å²) in [5, 5.41) is 9.50. The molecule has 0 amide bonds. The van der Waals surface area contributed by atoms with Gasteiger partial charge in [0.25, 0.3) is 5.97 Å². The average molecular weight is 320 g/mol. The maximum atomic E-state index is 9.00. The van der Waals surface area contributed by atoms with Gasteiger partial charge in [0.05, 0.1) is 17.1 Å². The highest BCUT2D eigenvalue weighted by Gasteiger charge is 2.08.